The first kappa shape index (κ1) is 17.2. The zero-order chi connectivity index (χ0) is 17.8. The highest BCUT2D eigenvalue weighted by Crippen LogP contribution is 2.20. The van der Waals surface area contributed by atoms with Crippen molar-refractivity contribution in [1.82, 2.24) is 0 Å². The van der Waals surface area contributed by atoms with E-state index in [-0.39, 0.29) is 18.2 Å². The summed E-state index contributed by atoms with van der Waals surface area (Å²) in [4.78, 5) is 12.2. The molecule has 0 spiro atoms. The minimum absolute atomic E-state index is 0.165. The Morgan fingerprint density at radius 1 is 1.16 bits per heavy atom. The van der Waals surface area contributed by atoms with Crippen LogP contribution in [-0.2, 0) is 6.61 Å². The second-order valence-electron chi connectivity index (χ2n) is 5.42. The van der Waals surface area contributed by atoms with E-state index in [2.05, 4.69) is 21.2 Å². The van der Waals surface area contributed by atoms with E-state index < -0.39 is 5.91 Å². The molecular formula is C19H15BrFNO3. The lowest BCUT2D eigenvalue weighted by Gasteiger charge is -2.07. The van der Waals surface area contributed by atoms with Gasteiger partial charge < -0.3 is 14.5 Å². The van der Waals surface area contributed by atoms with Crippen LogP contribution in [0.2, 0.25) is 0 Å². The molecule has 1 N–H and O–H groups in total. The van der Waals surface area contributed by atoms with Crippen molar-refractivity contribution in [2.45, 2.75) is 13.5 Å². The van der Waals surface area contributed by atoms with Gasteiger partial charge in [-0.2, -0.15) is 0 Å². The Morgan fingerprint density at radius 2 is 1.92 bits per heavy atom. The van der Waals surface area contributed by atoms with E-state index in [0.717, 1.165) is 4.47 Å². The molecule has 25 heavy (non-hydrogen) atoms. The Hall–Kier alpha value is -2.60. The quantitative estimate of drug-likeness (QED) is 0.626. The Kier molecular flexibility index (Phi) is 5.19. The number of ether oxygens (including phenoxy) is 1. The first-order chi connectivity index (χ1) is 12.0. The van der Waals surface area contributed by atoms with Gasteiger partial charge in [0.15, 0.2) is 5.76 Å². The Labute approximate surface area is 152 Å². The molecule has 2 aromatic carbocycles. The summed E-state index contributed by atoms with van der Waals surface area (Å²) < 4.78 is 25.2. The maximum Gasteiger partial charge on any atom is 0.291 e. The van der Waals surface area contributed by atoms with E-state index in [4.69, 9.17) is 9.15 Å². The number of carbonyl (C=O) groups is 1. The number of benzene rings is 2. The van der Waals surface area contributed by atoms with E-state index in [1.54, 1.807) is 19.1 Å². The highest BCUT2D eigenvalue weighted by molar-refractivity contribution is 9.10. The van der Waals surface area contributed by atoms with Crippen molar-refractivity contribution in [2.75, 3.05) is 5.32 Å². The van der Waals surface area contributed by atoms with Gasteiger partial charge in [-0.1, -0.05) is 15.9 Å². The predicted octanol–water partition coefficient (Wildman–Crippen LogP) is 5.32. The van der Waals surface area contributed by atoms with E-state index in [1.807, 2.05) is 24.3 Å². The van der Waals surface area contributed by atoms with Crippen LogP contribution >= 0.6 is 15.9 Å². The molecule has 0 unspecified atom stereocenters. The molecular weight excluding hydrogens is 389 g/mol. The first-order valence-electron chi connectivity index (χ1n) is 7.56. The molecule has 4 nitrogen and oxygen atoms in total. The van der Waals surface area contributed by atoms with Crippen LogP contribution in [0.3, 0.4) is 0 Å². The van der Waals surface area contributed by atoms with Crippen LogP contribution < -0.4 is 10.1 Å². The lowest BCUT2D eigenvalue weighted by molar-refractivity contribution is 0.0992. The lowest BCUT2D eigenvalue weighted by atomic mass is 10.2. The van der Waals surface area contributed by atoms with Crippen molar-refractivity contribution in [2.24, 2.45) is 0 Å². The van der Waals surface area contributed by atoms with E-state index >= 15 is 0 Å². The highest BCUT2D eigenvalue weighted by Gasteiger charge is 2.13. The first-order valence-corrected chi connectivity index (χ1v) is 8.35. The molecule has 6 heteroatoms. The van der Waals surface area contributed by atoms with Gasteiger partial charge >= 0.3 is 0 Å². The molecule has 0 fully saturated rings. The van der Waals surface area contributed by atoms with Crippen LogP contribution in [0.1, 0.15) is 21.9 Å². The van der Waals surface area contributed by atoms with Crippen molar-refractivity contribution < 1.29 is 18.3 Å². The number of rotatable bonds is 5. The van der Waals surface area contributed by atoms with Crippen LogP contribution in [0, 0.1) is 12.7 Å². The van der Waals surface area contributed by atoms with Gasteiger partial charge in [0.25, 0.3) is 5.91 Å². The summed E-state index contributed by atoms with van der Waals surface area (Å²) in [5, 5.41) is 2.70. The molecule has 0 bridgehead atoms. The average Bonchev–Trinajstić information content (AvgIpc) is 3.06. The normalized spacial score (nSPS) is 10.5. The van der Waals surface area contributed by atoms with Gasteiger partial charge in [-0.25, -0.2) is 4.39 Å². The summed E-state index contributed by atoms with van der Waals surface area (Å²) in [7, 11) is 0. The molecule has 3 aromatic rings. The van der Waals surface area contributed by atoms with E-state index in [9.17, 15) is 9.18 Å². The van der Waals surface area contributed by atoms with Crippen LogP contribution in [0.25, 0.3) is 0 Å². The SMILES string of the molecule is Cc1cc(F)ccc1NC(=O)c1ccc(COc2ccc(Br)cc2)o1. The number of hydrogen-bond acceptors (Lipinski definition) is 3. The second kappa shape index (κ2) is 7.53. The molecule has 1 heterocycles. The summed E-state index contributed by atoms with van der Waals surface area (Å²) >= 11 is 3.36. The maximum absolute atomic E-state index is 13.1. The van der Waals surface area contributed by atoms with Crippen LogP contribution in [0.15, 0.2) is 63.5 Å². The number of aryl methyl sites for hydroxylation is 1. The van der Waals surface area contributed by atoms with Gasteiger partial charge in [0.1, 0.15) is 23.9 Å². The summed E-state index contributed by atoms with van der Waals surface area (Å²) in [6, 6.07) is 14.8. The third kappa shape index (κ3) is 4.48. The van der Waals surface area contributed by atoms with Crippen molar-refractivity contribution in [1.29, 1.82) is 0 Å². The number of carbonyl (C=O) groups excluding carboxylic acids is 1. The zero-order valence-corrected chi connectivity index (χ0v) is 15.0. The van der Waals surface area contributed by atoms with Gasteiger partial charge in [-0.05, 0) is 67.1 Å². The van der Waals surface area contributed by atoms with Gasteiger partial charge in [0, 0.05) is 10.2 Å². The van der Waals surface area contributed by atoms with Crippen LogP contribution in [-0.4, -0.2) is 5.91 Å². The molecule has 0 aliphatic heterocycles. The standard InChI is InChI=1S/C19H15BrFNO3/c1-12-10-14(21)4-8-17(12)22-19(23)18-9-7-16(25-18)11-24-15-5-2-13(20)3-6-15/h2-10H,11H2,1H3,(H,22,23). The minimum atomic E-state index is -0.399. The molecule has 0 radical (unpaired) electrons. The molecule has 0 atom stereocenters. The average molecular weight is 404 g/mol. The second-order valence-corrected chi connectivity index (χ2v) is 6.34. The number of furan rings is 1. The smallest absolute Gasteiger partial charge is 0.291 e. The van der Waals surface area contributed by atoms with Gasteiger partial charge in [0.2, 0.25) is 0 Å². The van der Waals surface area contributed by atoms with Crippen molar-refractivity contribution in [3.63, 3.8) is 0 Å². The van der Waals surface area contributed by atoms with Crippen LogP contribution in [0.4, 0.5) is 10.1 Å². The molecule has 0 aliphatic rings. The summed E-state index contributed by atoms with van der Waals surface area (Å²) in [6.07, 6.45) is 0. The number of hydrogen-bond donors (Lipinski definition) is 1. The Balaban J connectivity index is 1.62. The molecule has 3 rings (SSSR count). The predicted molar refractivity (Wildman–Crippen MR) is 96.3 cm³/mol. The molecule has 1 aromatic heterocycles. The summed E-state index contributed by atoms with van der Waals surface area (Å²) in [6.45, 7) is 1.93. The number of anilines is 1. The lowest BCUT2D eigenvalue weighted by Crippen LogP contribution is -2.12. The largest absolute Gasteiger partial charge is 0.486 e. The fourth-order valence-corrected chi connectivity index (χ4v) is 2.48. The van der Waals surface area contributed by atoms with Crippen molar-refractivity contribution in [3.8, 4) is 5.75 Å². The highest BCUT2D eigenvalue weighted by atomic mass is 79.9. The molecule has 0 saturated carbocycles. The Bertz CT molecular complexity index is 890. The monoisotopic (exact) mass is 403 g/mol. The Morgan fingerprint density at radius 3 is 2.64 bits per heavy atom. The number of nitrogens with one attached hydrogen (secondary N) is 1. The fourth-order valence-electron chi connectivity index (χ4n) is 2.21. The third-order valence-electron chi connectivity index (χ3n) is 3.52. The van der Waals surface area contributed by atoms with Crippen molar-refractivity contribution in [3.05, 3.63) is 82.0 Å². The molecule has 0 saturated heterocycles. The molecule has 128 valence electrons. The summed E-state index contributed by atoms with van der Waals surface area (Å²) in [5.74, 6) is 0.653. The maximum atomic E-state index is 13.1. The molecule has 1 amide bonds. The zero-order valence-electron chi connectivity index (χ0n) is 13.4. The fraction of sp³-hybridized carbons (Fsp3) is 0.105. The van der Waals surface area contributed by atoms with E-state index in [1.165, 1.54) is 18.2 Å². The number of halogens is 2. The summed E-state index contributed by atoms with van der Waals surface area (Å²) in [5.41, 5.74) is 1.18. The molecule has 0 aliphatic carbocycles. The topological polar surface area (TPSA) is 51.5 Å². The van der Waals surface area contributed by atoms with Crippen LogP contribution in [0.5, 0.6) is 5.75 Å². The van der Waals surface area contributed by atoms with Gasteiger partial charge in [-0.15, -0.1) is 0 Å². The minimum Gasteiger partial charge on any atom is -0.486 e. The number of amides is 1. The van der Waals surface area contributed by atoms with Gasteiger partial charge in [0.05, 0.1) is 0 Å². The van der Waals surface area contributed by atoms with Gasteiger partial charge in [-0.3, -0.25) is 4.79 Å². The van der Waals surface area contributed by atoms with E-state index in [0.29, 0.717) is 22.8 Å². The third-order valence-corrected chi connectivity index (χ3v) is 4.05. The van der Waals surface area contributed by atoms with Crippen molar-refractivity contribution >= 4 is 27.5 Å².